The summed E-state index contributed by atoms with van der Waals surface area (Å²) in [6.07, 6.45) is 0.955. The fourth-order valence-electron chi connectivity index (χ4n) is 1.26. The number of benzene rings is 1. The van der Waals surface area contributed by atoms with E-state index in [1.165, 1.54) is 0 Å². The quantitative estimate of drug-likeness (QED) is 0.759. The summed E-state index contributed by atoms with van der Waals surface area (Å²) in [4.78, 5) is 0. The molecule has 78 valence electrons. The fraction of sp³-hybridized carbons (Fsp3) is 0.455. The Labute approximate surface area is 90.2 Å². The third kappa shape index (κ3) is 3.20. The summed E-state index contributed by atoms with van der Waals surface area (Å²) in [5.74, 6) is 0.808. The molecule has 0 aliphatic carbocycles. The lowest BCUT2D eigenvalue weighted by Crippen LogP contribution is -2.16. The number of nitrogens with one attached hydrogen (secondary N) is 1. The molecule has 1 aromatic carbocycles. The Bertz CT molecular complexity index is 289. The molecular formula is C11H16ClNO. The lowest BCUT2D eigenvalue weighted by atomic mass is 10.1. The Morgan fingerprint density at radius 1 is 1.43 bits per heavy atom. The maximum absolute atomic E-state index is 6.08. The fourth-order valence-corrected chi connectivity index (χ4v) is 1.52. The first-order valence-corrected chi connectivity index (χ1v) is 5.19. The molecule has 14 heavy (non-hydrogen) atoms. The van der Waals surface area contributed by atoms with Gasteiger partial charge < -0.3 is 10.1 Å². The highest BCUT2D eigenvalue weighted by Gasteiger charge is 2.01. The van der Waals surface area contributed by atoms with Crippen LogP contribution in [-0.4, -0.2) is 20.2 Å². The molecule has 0 spiro atoms. The zero-order valence-corrected chi connectivity index (χ0v) is 9.40. The first-order chi connectivity index (χ1) is 6.77. The smallest absolute Gasteiger partial charge is 0.120 e. The topological polar surface area (TPSA) is 21.3 Å². The first kappa shape index (κ1) is 11.3. The summed E-state index contributed by atoms with van der Waals surface area (Å²) in [6.45, 7) is 4.05. The predicted molar refractivity (Wildman–Crippen MR) is 60.3 cm³/mol. The average Bonchev–Trinajstić information content (AvgIpc) is 2.20. The summed E-state index contributed by atoms with van der Waals surface area (Å²) in [7, 11) is 1.64. The van der Waals surface area contributed by atoms with Gasteiger partial charge in [-0.15, -0.1) is 0 Å². The molecule has 0 aliphatic heterocycles. The number of halogens is 1. The van der Waals surface area contributed by atoms with Gasteiger partial charge >= 0.3 is 0 Å². The van der Waals surface area contributed by atoms with Gasteiger partial charge in [0.25, 0.3) is 0 Å². The van der Waals surface area contributed by atoms with Gasteiger partial charge in [-0.1, -0.05) is 24.6 Å². The van der Waals surface area contributed by atoms with Crippen LogP contribution in [0.3, 0.4) is 0 Å². The van der Waals surface area contributed by atoms with Gasteiger partial charge in [-0.2, -0.15) is 0 Å². The van der Waals surface area contributed by atoms with E-state index in [0.717, 1.165) is 35.8 Å². The SMILES string of the molecule is CCNCCc1ccc(OC)cc1Cl. The monoisotopic (exact) mass is 213 g/mol. The van der Waals surface area contributed by atoms with E-state index in [1.807, 2.05) is 18.2 Å². The van der Waals surface area contributed by atoms with E-state index in [0.29, 0.717) is 0 Å². The van der Waals surface area contributed by atoms with Crippen molar-refractivity contribution >= 4 is 11.6 Å². The van der Waals surface area contributed by atoms with Gasteiger partial charge in [-0.05, 0) is 37.2 Å². The van der Waals surface area contributed by atoms with Crippen molar-refractivity contribution in [3.63, 3.8) is 0 Å². The third-order valence-corrected chi connectivity index (χ3v) is 2.43. The van der Waals surface area contributed by atoms with Gasteiger partial charge in [-0.25, -0.2) is 0 Å². The van der Waals surface area contributed by atoms with Crippen LogP contribution in [0.5, 0.6) is 5.75 Å². The molecule has 0 saturated heterocycles. The molecular weight excluding hydrogens is 198 g/mol. The zero-order chi connectivity index (χ0) is 10.4. The van der Waals surface area contributed by atoms with Crippen LogP contribution < -0.4 is 10.1 Å². The third-order valence-electron chi connectivity index (χ3n) is 2.08. The average molecular weight is 214 g/mol. The van der Waals surface area contributed by atoms with Crippen molar-refractivity contribution in [1.29, 1.82) is 0 Å². The van der Waals surface area contributed by atoms with Crippen molar-refractivity contribution in [2.45, 2.75) is 13.3 Å². The van der Waals surface area contributed by atoms with Gasteiger partial charge in [0.1, 0.15) is 5.75 Å². The summed E-state index contributed by atoms with van der Waals surface area (Å²) < 4.78 is 5.08. The molecule has 0 radical (unpaired) electrons. The van der Waals surface area contributed by atoms with Crippen LogP contribution in [0.25, 0.3) is 0 Å². The summed E-state index contributed by atoms with van der Waals surface area (Å²) in [5.41, 5.74) is 1.16. The summed E-state index contributed by atoms with van der Waals surface area (Å²) >= 11 is 6.08. The van der Waals surface area contributed by atoms with Gasteiger partial charge in [0.15, 0.2) is 0 Å². The molecule has 0 aromatic heterocycles. The van der Waals surface area contributed by atoms with E-state index in [9.17, 15) is 0 Å². The van der Waals surface area contributed by atoms with Crippen molar-refractivity contribution in [1.82, 2.24) is 5.32 Å². The van der Waals surface area contributed by atoms with E-state index < -0.39 is 0 Å². The number of likely N-dealkylation sites (N-methyl/N-ethyl adjacent to an activating group) is 1. The van der Waals surface area contributed by atoms with Crippen LogP contribution >= 0.6 is 11.6 Å². The van der Waals surface area contributed by atoms with Crippen LogP contribution in [0.4, 0.5) is 0 Å². The summed E-state index contributed by atoms with van der Waals surface area (Å²) in [6, 6.07) is 5.80. The van der Waals surface area contributed by atoms with Gasteiger partial charge in [0, 0.05) is 5.02 Å². The molecule has 0 amide bonds. The van der Waals surface area contributed by atoms with Gasteiger partial charge in [0.2, 0.25) is 0 Å². The normalized spacial score (nSPS) is 10.2. The number of methoxy groups -OCH3 is 1. The van der Waals surface area contributed by atoms with Crippen molar-refractivity contribution in [3.05, 3.63) is 28.8 Å². The van der Waals surface area contributed by atoms with Crippen LogP contribution in [0, 0.1) is 0 Å². The molecule has 0 unspecified atom stereocenters. The molecule has 2 nitrogen and oxygen atoms in total. The predicted octanol–water partition coefficient (Wildman–Crippen LogP) is 2.50. The van der Waals surface area contributed by atoms with Crippen molar-refractivity contribution in [2.75, 3.05) is 20.2 Å². The number of rotatable bonds is 5. The van der Waals surface area contributed by atoms with Crippen LogP contribution in [-0.2, 0) is 6.42 Å². The molecule has 0 atom stereocenters. The van der Waals surface area contributed by atoms with Crippen LogP contribution in [0.1, 0.15) is 12.5 Å². The second-order valence-electron chi connectivity index (χ2n) is 3.06. The maximum Gasteiger partial charge on any atom is 0.120 e. The second-order valence-corrected chi connectivity index (χ2v) is 3.47. The maximum atomic E-state index is 6.08. The highest BCUT2D eigenvalue weighted by molar-refractivity contribution is 6.31. The Morgan fingerprint density at radius 2 is 2.21 bits per heavy atom. The minimum atomic E-state index is 0.780. The molecule has 1 N–H and O–H groups in total. The molecule has 1 rings (SSSR count). The van der Waals surface area contributed by atoms with E-state index in [1.54, 1.807) is 7.11 Å². The largest absolute Gasteiger partial charge is 0.497 e. The first-order valence-electron chi connectivity index (χ1n) is 4.81. The summed E-state index contributed by atoms with van der Waals surface area (Å²) in [5, 5.41) is 4.04. The zero-order valence-electron chi connectivity index (χ0n) is 8.64. The highest BCUT2D eigenvalue weighted by atomic mass is 35.5. The number of hydrogen-bond acceptors (Lipinski definition) is 2. The van der Waals surface area contributed by atoms with E-state index >= 15 is 0 Å². The highest BCUT2D eigenvalue weighted by Crippen LogP contribution is 2.22. The Hall–Kier alpha value is -0.730. The van der Waals surface area contributed by atoms with Crippen LogP contribution in [0.15, 0.2) is 18.2 Å². The van der Waals surface area contributed by atoms with Gasteiger partial charge in [-0.3, -0.25) is 0 Å². The lowest BCUT2D eigenvalue weighted by Gasteiger charge is -2.06. The van der Waals surface area contributed by atoms with E-state index in [-0.39, 0.29) is 0 Å². The lowest BCUT2D eigenvalue weighted by molar-refractivity contribution is 0.414. The Kier molecular flexibility index (Phi) is 4.77. The molecule has 0 saturated carbocycles. The molecule has 0 fully saturated rings. The minimum Gasteiger partial charge on any atom is -0.497 e. The van der Waals surface area contributed by atoms with Crippen molar-refractivity contribution in [3.8, 4) is 5.75 Å². The molecule has 0 heterocycles. The Morgan fingerprint density at radius 3 is 2.79 bits per heavy atom. The van der Waals surface area contributed by atoms with Gasteiger partial charge in [0.05, 0.1) is 7.11 Å². The second kappa shape index (κ2) is 5.89. The standard InChI is InChI=1S/C11H16ClNO/c1-3-13-7-6-9-4-5-10(14-2)8-11(9)12/h4-5,8,13H,3,6-7H2,1-2H3. The minimum absolute atomic E-state index is 0.780. The van der Waals surface area contributed by atoms with E-state index in [4.69, 9.17) is 16.3 Å². The number of ether oxygens (including phenoxy) is 1. The Balaban J connectivity index is 2.59. The van der Waals surface area contributed by atoms with E-state index in [2.05, 4.69) is 12.2 Å². The van der Waals surface area contributed by atoms with Crippen molar-refractivity contribution < 1.29 is 4.74 Å². The molecule has 0 bridgehead atoms. The van der Waals surface area contributed by atoms with Crippen LogP contribution in [0.2, 0.25) is 5.02 Å². The number of hydrogen-bond donors (Lipinski definition) is 1. The molecule has 0 aliphatic rings. The molecule has 3 heteroatoms. The van der Waals surface area contributed by atoms with Crippen molar-refractivity contribution in [2.24, 2.45) is 0 Å². The molecule has 1 aromatic rings.